The molecule has 0 unspecified atom stereocenters. The number of carbonyl (C=O) groups excluding carboxylic acids is 2. The second kappa shape index (κ2) is 10.9. The molecule has 28 heavy (non-hydrogen) atoms. The molecule has 2 atom stereocenters. The molecule has 156 valence electrons. The Balaban J connectivity index is 1.77. The van der Waals surface area contributed by atoms with E-state index in [4.69, 9.17) is 4.74 Å². The van der Waals surface area contributed by atoms with Crippen molar-refractivity contribution in [3.63, 3.8) is 0 Å². The van der Waals surface area contributed by atoms with Crippen LogP contribution in [0.5, 0.6) is 5.75 Å². The van der Waals surface area contributed by atoms with Crippen LogP contribution in [0.3, 0.4) is 0 Å². The number of rotatable bonds is 10. The van der Waals surface area contributed by atoms with Crippen molar-refractivity contribution < 1.29 is 14.3 Å². The van der Waals surface area contributed by atoms with E-state index < -0.39 is 0 Å². The molecule has 0 aliphatic carbocycles. The first-order chi connectivity index (χ1) is 13.5. The monoisotopic (exact) mass is 390 g/mol. The van der Waals surface area contributed by atoms with E-state index in [9.17, 15) is 9.59 Å². The van der Waals surface area contributed by atoms with Crippen molar-refractivity contribution in [1.82, 2.24) is 15.5 Å². The van der Waals surface area contributed by atoms with Gasteiger partial charge in [0.05, 0.1) is 13.2 Å². The molecular weight excluding hydrogens is 356 g/mol. The molecule has 1 aliphatic rings. The lowest BCUT2D eigenvalue weighted by molar-refractivity contribution is -0.117. The quantitative estimate of drug-likeness (QED) is 0.644. The van der Waals surface area contributed by atoms with E-state index in [1.165, 1.54) is 0 Å². The van der Waals surface area contributed by atoms with E-state index in [-0.39, 0.29) is 24.0 Å². The van der Waals surface area contributed by atoms with Crippen LogP contribution in [0.15, 0.2) is 24.3 Å². The van der Waals surface area contributed by atoms with Crippen LogP contribution in [-0.4, -0.2) is 62.2 Å². The summed E-state index contributed by atoms with van der Waals surface area (Å²) in [6.45, 7) is 9.97. The minimum absolute atomic E-state index is 0.00539. The molecule has 0 aromatic heterocycles. The van der Waals surface area contributed by atoms with Crippen molar-refractivity contribution in [3.8, 4) is 5.75 Å². The van der Waals surface area contributed by atoms with E-state index in [0.29, 0.717) is 18.7 Å². The third-order valence-corrected chi connectivity index (χ3v) is 5.21. The molecule has 7 nitrogen and oxygen atoms in total. The highest BCUT2D eigenvalue weighted by atomic mass is 16.5. The summed E-state index contributed by atoms with van der Waals surface area (Å²) in [5, 5.41) is 5.92. The molecule has 1 aromatic rings. The van der Waals surface area contributed by atoms with Gasteiger partial charge in [0.1, 0.15) is 5.75 Å². The third kappa shape index (κ3) is 6.41. The maximum Gasteiger partial charge on any atom is 0.315 e. The molecule has 0 radical (unpaired) electrons. The second-order valence-corrected chi connectivity index (χ2v) is 7.29. The Kier molecular flexibility index (Phi) is 8.57. The number of methoxy groups -OCH3 is 1. The fourth-order valence-corrected chi connectivity index (χ4v) is 3.52. The topological polar surface area (TPSA) is 73.9 Å². The zero-order valence-corrected chi connectivity index (χ0v) is 17.5. The number of ether oxygens (including phenoxy) is 1. The average molecular weight is 391 g/mol. The summed E-state index contributed by atoms with van der Waals surface area (Å²) >= 11 is 0. The van der Waals surface area contributed by atoms with Crippen LogP contribution in [0.25, 0.3) is 0 Å². The largest absolute Gasteiger partial charge is 0.497 e. The number of hydrogen-bond acceptors (Lipinski definition) is 4. The second-order valence-electron chi connectivity index (χ2n) is 7.29. The van der Waals surface area contributed by atoms with Crippen molar-refractivity contribution in [2.24, 2.45) is 0 Å². The standard InChI is InChI=1S/C21H34N4O3/c1-5-24(6-2)12-8-9-16(3)22-21(27)23-17-13-20(26)25(15-17)18-10-7-11-19(14-18)28-4/h7,10-11,14,16-17H,5-6,8-9,12-13,15H2,1-4H3,(H2,22,23,27)/t16-,17-/m1/s1. The number of anilines is 1. The van der Waals surface area contributed by atoms with Gasteiger partial charge in [0, 0.05) is 30.8 Å². The van der Waals surface area contributed by atoms with Crippen molar-refractivity contribution in [2.75, 3.05) is 38.2 Å². The fourth-order valence-electron chi connectivity index (χ4n) is 3.52. The van der Waals surface area contributed by atoms with Crippen LogP contribution in [-0.2, 0) is 4.79 Å². The first kappa shape index (κ1) is 22.0. The van der Waals surface area contributed by atoms with Gasteiger partial charge in [-0.2, -0.15) is 0 Å². The van der Waals surface area contributed by atoms with Crippen LogP contribution in [0.1, 0.15) is 40.0 Å². The number of nitrogens with zero attached hydrogens (tertiary/aromatic N) is 2. The Morgan fingerprint density at radius 1 is 1.36 bits per heavy atom. The SMILES string of the molecule is CCN(CC)CCC[C@@H](C)NC(=O)N[C@@H]1CC(=O)N(c2cccc(OC)c2)C1. The van der Waals surface area contributed by atoms with E-state index in [1.54, 1.807) is 12.0 Å². The molecule has 0 spiro atoms. The van der Waals surface area contributed by atoms with Crippen molar-refractivity contribution >= 4 is 17.6 Å². The summed E-state index contributed by atoms with van der Waals surface area (Å²) in [6.07, 6.45) is 2.29. The van der Waals surface area contributed by atoms with Crippen molar-refractivity contribution in [1.29, 1.82) is 0 Å². The molecular formula is C21H34N4O3. The molecule has 1 heterocycles. The van der Waals surface area contributed by atoms with Gasteiger partial charge in [-0.05, 0) is 51.5 Å². The lowest BCUT2D eigenvalue weighted by Crippen LogP contribution is -2.46. The first-order valence-electron chi connectivity index (χ1n) is 10.2. The number of urea groups is 1. The Morgan fingerprint density at radius 3 is 2.79 bits per heavy atom. The Bertz CT molecular complexity index is 648. The van der Waals surface area contributed by atoms with Crippen LogP contribution >= 0.6 is 0 Å². The van der Waals surface area contributed by atoms with Gasteiger partial charge < -0.3 is 25.2 Å². The maximum absolute atomic E-state index is 12.4. The summed E-state index contributed by atoms with van der Waals surface area (Å²) in [5.41, 5.74) is 0.791. The van der Waals surface area contributed by atoms with Crippen LogP contribution in [0.2, 0.25) is 0 Å². The summed E-state index contributed by atoms with van der Waals surface area (Å²) < 4.78 is 5.23. The minimum atomic E-state index is -0.208. The van der Waals surface area contributed by atoms with Gasteiger partial charge in [0.25, 0.3) is 0 Å². The summed E-state index contributed by atoms with van der Waals surface area (Å²) in [7, 11) is 1.60. The van der Waals surface area contributed by atoms with Crippen LogP contribution in [0.4, 0.5) is 10.5 Å². The first-order valence-corrected chi connectivity index (χ1v) is 10.2. The third-order valence-electron chi connectivity index (χ3n) is 5.21. The number of benzene rings is 1. The maximum atomic E-state index is 12.4. The van der Waals surface area contributed by atoms with Crippen molar-refractivity contribution in [2.45, 2.75) is 52.1 Å². The molecule has 0 saturated carbocycles. The number of hydrogen-bond donors (Lipinski definition) is 2. The Labute approximate surface area is 168 Å². The molecule has 1 fully saturated rings. The summed E-state index contributed by atoms with van der Waals surface area (Å²) in [4.78, 5) is 28.7. The normalized spacial score (nSPS) is 17.7. The van der Waals surface area contributed by atoms with E-state index in [0.717, 1.165) is 38.2 Å². The van der Waals surface area contributed by atoms with Crippen LogP contribution < -0.4 is 20.3 Å². The highest BCUT2D eigenvalue weighted by molar-refractivity contribution is 5.97. The number of carbonyl (C=O) groups is 2. The average Bonchev–Trinajstić information content (AvgIpc) is 3.05. The van der Waals surface area contributed by atoms with Gasteiger partial charge in [-0.1, -0.05) is 19.9 Å². The zero-order valence-electron chi connectivity index (χ0n) is 17.5. The van der Waals surface area contributed by atoms with Gasteiger partial charge in [-0.15, -0.1) is 0 Å². The lowest BCUT2D eigenvalue weighted by Gasteiger charge is -2.21. The summed E-state index contributed by atoms with van der Waals surface area (Å²) in [6, 6.07) is 7.10. The van der Waals surface area contributed by atoms with E-state index in [2.05, 4.69) is 29.4 Å². The molecule has 2 N–H and O–H groups in total. The molecule has 3 amide bonds. The summed E-state index contributed by atoms with van der Waals surface area (Å²) in [5.74, 6) is 0.712. The smallest absolute Gasteiger partial charge is 0.315 e. The number of nitrogens with one attached hydrogen (secondary N) is 2. The lowest BCUT2D eigenvalue weighted by atomic mass is 10.2. The van der Waals surface area contributed by atoms with Gasteiger partial charge in [-0.3, -0.25) is 4.79 Å². The highest BCUT2D eigenvalue weighted by Gasteiger charge is 2.31. The molecule has 1 aromatic carbocycles. The Hall–Kier alpha value is -2.28. The van der Waals surface area contributed by atoms with Gasteiger partial charge >= 0.3 is 6.03 Å². The fraction of sp³-hybridized carbons (Fsp3) is 0.619. The predicted molar refractivity (Wildman–Crippen MR) is 112 cm³/mol. The van der Waals surface area contributed by atoms with E-state index in [1.807, 2.05) is 31.2 Å². The molecule has 0 bridgehead atoms. The molecule has 2 rings (SSSR count). The minimum Gasteiger partial charge on any atom is -0.497 e. The number of amides is 3. The van der Waals surface area contributed by atoms with Crippen LogP contribution in [0, 0.1) is 0 Å². The van der Waals surface area contributed by atoms with E-state index >= 15 is 0 Å². The van der Waals surface area contributed by atoms with Gasteiger partial charge in [-0.25, -0.2) is 4.79 Å². The molecule has 7 heteroatoms. The predicted octanol–water partition coefficient (Wildman–Crippen LogP) is 2.61. The Morgan fingerprint density at radius 2 is 2.11 bits per heavy atom. The van der Waals surface area contributed by atoms with Gasteiger partial charge in [0.15, 0.2) is 0 Å². The van der Waals surface area contributed by atoms with Gasteiger partial charge in [0.2, 0.25) is 5.91 Å². The molecule has 1 aliphatic heterocycles. The van der Waals surface area contributed by atoms with Crippen molar-refractivity contribution in [3.05, 3.63) is 24.3 Å². The highest BCUT2D eigenvalue weighted by Crippen LogP contribution is 2.25. The zero-order chi connectivity index (χ0) is 20.5. The molecule has 1 saturated heterocycles.